The van der Waals surface area contributed by atoms with Gasteiger partial charge in [0.25, 0.3) is 5.56 Å². The lowest BCUT2D eigenvalue weighted by molar-refractivity contribution is 0.103. The third-order valence-electron chi connectivity index (χ3n) is 6.72. The molecule has 5 rings (SSSR count). The maximum atomic E-state index is 14.0. The highest BCUT2D eigenvalue weighted by atomic mass is 16.5. The quantitative estimate of drug-likeness (QED) is 0.270. The van der Waals surface area contributed by atoms with E-state index >= 15 is 0 Å². The number of aromatic amines is 2. The van der Waals surface area contributed by atoms with E-state index in [-0.39, 0.29) is 29.1 Å². The lowest BCUT2D eigenvalue weighted by Crippen LogP contribution is -2.35. The maximum Gasteiger partial charge on any atom is 0.330 e. The van der Waals surface area contributed by atoms with Crippen LogP contribution in [0.3, 0.4) is 0 Å². The van der Waals surface area contributed by atoms with Gasteiger partial charge in [-0.1, -0.05) is 12.1 Å². The van der Waals surface area contributed by atoms with Gasteiger partial charge in [0.05, 0.1) is 46.1 Å². The molecule has 0 spiro atoms. The molecule has 5 aromatic rings. The molecule has 204 valence electrons. The van der Waals surface area contributed by atoms with Crippen LogP contribution in [-0.2, 0) is 6.54 Å². The van der Waals surface area contributed by atoms with Crippen molar-refractivity contribution in [2.24, 2.45) is 0 Å². The summed E-state index contributed by atoms with van der Waals surface area (Å²) in [6.45, 7) is -0.0632. The van der Waals surface area contributed by atoms with E-state index in [4.69, 9.17) is 18.9 Å². The lowest BCUT2D eigenvalue weighted by Gasteiger charge is -2.12. The number of carbonyl (C=O) groups excluding carboxylic acids is 1. The first-order valence-electron chi connectivity index (χ1n) is 12.3. The summed E-state index contributed by atoms with van der Waals surface area (Å²) in [5, 5.41) is 0.175. The molecule has 0 atom stereocenters. The Labute approximate surface area is 228 Å². The summed E-state index contributed by atoms with van der Waals surface area (Å²) in [7, 11) is 6.13. The number of methoxy groups -OCH3 is 4. The molecule has 0 radical (unpaired) electrons. The van der Waals surface area contributed by atoms with Crippen LogP contribution >= 0.6 is 0 Å². The molecule has 0 aliphatic rings. The Hall–Kier alpha value is -5.25. The number of hydrogen-bond donors (Lipinski definition) is 2. The van der Waals surface area contributed by atoms with Gasteiger partial charge >= 0.3 is 5.69 Å². The van der Waals surface area contributed by atoms with Crippen LogP contribution in [0.25, 0.3) is 22.2 Å². The average molecular weight is 542 g/mol. The van der Waals surface area contributed by atoms with Gasteiger partial charge in [-0.05, 0) is 54.1 Å². The van der Waals surface area contributed by atoms with Gasteiger partial charge in [0.1, 0.15) is 28.6 Å². The van der Waals surface area contributed by atoms with E-state index in [0.717, 1.165) is 4.57 Å². The molecular weight excluding hydrogens is 514 g/mol. The Morgan fingerprint density at radius 2 is 1.35 bits per heavy atom. The minimum Gasteiger partial charge on any atom is -0.497 e. The molecule has 0 aliphatic carbocycles. The van der Waals surface area contributed by atoms with Crippen LogP contribution in [0.5, 0.6) is 23.0 Å². The van der Waals surface area contributed by atoms with Crippen LogP contribution in [0.1, 0.15) is 21.6 Å². The largest absolute Gasteiger partial charge is 0.497 e. The van der Waals surface area contributed by atoms with Gasteiger partial charge in [0.15, 0.2) is 0 Å². The fourth-order valence-corrected chi connectivity index (χ4v) is 4.61. The number of ketones is 1. The van der Waals surface area contributed by atoms with E-state index in [1.54, 1.807) is 80.9 Å². The van der Waals surface area contributed by atoms with Crippen molar-refractivity contribution in [3.8, 4) is 34.1 Å². The molecule has 0 aliphatic heterocycles. The molecule has 2 N–H and O–H groups in total. The number of aromatic nitrogens is 3. The molecule has 0 unspecified atom stereocenters. The lowest BCUT2D eigenvalue weighted by atomic mass is 9.98. The zero-order valence-corrected chi connectivity index (χ0v) is 22.4. The highest BCUT2D eigenvalue weighted by Crippen LogP contribution is 2.33. The van der Waals surface area contributed by atoms with Gasteiger partial charge in [0.2, 0.25) is 5.78 Å². The topological polar surface area (TPSA) is 125 Å². The maximum absolute atomic E-state index is 14.0. The van der Waals surface area contributed by atoms with E-state index in [1.807, 2.05) is 0 Å². The van der Waals surface area contributed by atoms with Gasteiger partial charge in [-0.2, -0.15) is 0 Å². The van der Waals surface area contributed by atoms with Gasteiger partial charge in [0, 0.05) is 22.8 Å². The van der Waals surface area contributed by atoms with Gasteiger partial charge in [-0.25, -0.2) is 4.79 Å². The number of benzene rings is 3. The smallest absolute Gasteiger partial charge is 0.330 e. The summed E-state index contributed by atoms with van der Waals surface area (Å²) in [5.41, 5.74) is 1.07. The second kappa shape index (κ2) is 10.9. The molecule has 0 saturated carbocycles. The predicted molar refractivity (Wildman–Crippen MR) is 150 cm³/mol. The van der Waals surface area contributed by atoms with Gasteiger partial charge < -0.3 is 23.9 Å². The molecule has 0 fully saturated rings. The molecule has 10 nitrogen and oxygen atoms in total. The number of ether oxygens (including phenoxy) is 4. The Kier molecular flexibility index (Phi) is 7.15. The number of rotatable bonds is 9. The van der Waals surface area contributed by atoms with Crippen molar-refractivity contribution in [1.82, 2.24) is 14.5 Å². The van der Waals surface area contributed by atoms with Crippen LogP contribution in [-0.4, -0.2) is 48.8 Å². The molecule has 0 saturated heterocycles. The van der Waals surface area contributed by atoms with E-state index in [9.17, 15) is 14.4 Å². The van der Waals surface area contributed by atoms with Crippen molar-refractivity contribution in [1.29, 1.82) is 0 Å². The molecule has 10 heteroatoms. The Bertz CT molecular complexity index is 1810. The van der Waals surface area contributed by atoms with Crippen LogP contribution in [0.15, 0.2) is 76.3 Å². The van der Waals surface area contributed by atoms with Gasteiger partial charge in [-0.3, -0.25) is 19.1 Å². The van der Waals surface area contributed by atoms with Crippen molar-refractivity contribution in [3.05, 3.63) is 104 Å². The van der Waals surface area contributed by atoms with Crippen LogP contribution < -0.4 is 30.2 Å². The molecule has 2 aromatic heterocycles. The van der Waals surface area contributed by atoms with Crippen molar-refractivity contribution < 1.29 is 23.7 Å². The summed E-state index contributed by atoms with van der Waals surface area (Å²) in [6.07, 6.45) is 0. The third-order valence-corrected chi connectivity index (χ3v) is 6.72. The van der Waals surface area contributed by atoms with Gasteiger partial charge in [-0.15, -0.1) is 0 Å². The second-order valence-corrected chi connectivity index (χ2v) is 8.91. The second-order valence-electron chi connectivity index (χ2n) is 8.91. The summed E-state index contributed by atoms with van der Waals surface area (Å²) in [5.74, 6) is 1.90. The number of H-pyrrole nitrogens is 2. The highest BCUT2D eigenvalue weighted by Gasteiger charge is 2.25. The molecule has 0 amide bonds. The fourth-order valence-electron chi connectivity index (χ4n) is 4.61. The first kappa shape index (κ1) is 26.4. The number of hydrogen-bond acceptors (Lipinski definition) is 7. The SMILES string of the molecule is COc1ccc(C(=O)c2[nH]c3[nH]c(=O)n(Cc4ccc(OC)cc4OC)c(=O)c3c2-c2ccc(OC)cc2)cc1. The zero-order valence-electron chi connectivity index (χ0n) is 22.4. The Morgan fingerprint density at radius 1 is 0.750 bits per heavy atom. The van der Waals surface area contributed by atoms with Crippen LogP contribution in [0, 0.1) is 0 Å². The normalized spacial score (nSPS) is 10.9. The van der Waals surface area contributed by atoms with E-state index < -0.39 is 11.2 Å². The number of carbonyl (C=O) groups is 1. The summed E-state index contributed by atoms with van der Waals surface area (Å²) in [6, 6.07) is 18.8. The number of nitrogens with one attached hydrogen (secondary N) is 2. The third kappa shape index (κ3) is 4.71. The highest BCUT2D eigenvalue weighted by molar-refractivity contribution is 6.16. The van der Waals surface area contributed by atoms with Crippen molar-refractivity contribution >= 4 is 16.8 Å². The molecule has 2 heterocycles. The minimum atomic E-state index is -0.638. The summed E-state index contributed by atoms with van der Waals surface area (Å²) >= 11 is 0. The molecular formula is C30H27N3O7. The number of fused-ring (bicyclic) bond motifs is 1. The monoisotopic (exact) mass is 541 g/mol. The molecule has 0 bridgehead atoms. The predicted octanol–water partition coefficient (Wildman–Crippen LogP) is 4.00. The Balaban J connectivity index is 1.72. The Morgan fingerprint density at radius 3 is 1.95 bits per heavy atom. The van der Waals surface area contributed by atoms with Crippen LogP contribution in [0.4, 0.5) is 0 Å². The number of nitrogens with zero attached hydrogens (tertiary/aromatic N) is 1. The van der Waals surface area contributed by atoms with Crippen molar-refractivity contribution in [2.45, 2.75) is 6.54 Å². The van der Waals surface area contributed by atoms with Crippen LogP contribution in [0.2, 0.25) is 0 Å². The summed E-state index contributed by atoms with van der Waals surface area (Å²) in [4.78, 5) is 46.6. The van der Waals surface area contributed by atoms with E-state index in [1.165, 1.54) is 14.2 Å². The first-order valence-corrected chi connectivity index (χ1v) is 12.3. The minimum absolute atomic E-state index is 0.0632. The van der Waals surface area contributed by atoms with E-state index in [2.05, 4.69) is 9.97 Å². The standard InChI is InChI=1S/C30H27N3O7/c1-37-20-10-5-17(6-11-20)24-25-28(31-26(24)27(34)18-7-12-21(38-2)13-8-18)32-30(36)33(29(25)35)16-19-9-14-22(39-3)15-23(19)40-4/h5-15,31H,16H2,1-4H3,(H,32,36). The zero-order chi connectivity index (χ0) is 28.4. The molecule has 40 heavy (non-hydrogen) atoms. The fraction of sp³-hybridized carbons (Fsp3) is 0.167. The molecule has 3 aromatic carbocycles. The first-order chi connectivity index (χ1) is 19.4. The van der Waals surface area contributed by atoms with Crippen molar-refractivity contribution in [3.63, 3.8) is 0 Å². The van der Waals surface area contributed by atoms with Crippen molar-refractivity contribution in [2.75, 3.05) is 28.4 Å². The summed E-state index contributed by atoms with van der Waals surface area (Å²) < 4.78 is 22.3. The van der Waals surface area contributed by atoms with E-state index in [0.29, 0.717) is 45.3 Å². The average Bonchev–Trinajstić information content (AvgIpc) is 3.38.